The molecule has 2 heterocycles. The number of rotatable bonds is 5. The molecular formula is C18H24N4O2S. The molecule has 1 aromatic heterocycles. The molecule has 0 saturated carbocycles. The summed E-state index contributed by atoms with van der Waals surface area (Å²) in [5, 5.41) is 3.30. The smallest absolute Gasteiger partial charge is 0.227 e. The third-order valence-corrected chi connectivity index (χ3v) is 5.29. The fraction of sp³-hybridized carbons (Fsp3) is 0.500. The number of aromatic nitrogens is 1. The molecule has 2 amide bonds. The summed E-state index contributed by atoms with van der Waals surface area (Å²) in [6.45, 7) is 8.32. The number of benzene rings is 1. The zero-order chi connectivity index (χ0) is 17.8. The van der Waals surface area contributed by atoms with Gasteiger partial charge in [0, 0.05) is 33.1 Å². The maximum atomic E-state index is 12.6. The SMILES string of the molecule is CCCN1CCN(C(=O)Cc2ccc3nc(NC(C)=O)sc3c2)CC1. The van der Waals surface area contributed by atoms with Crippen molar-refractivity contribution < 1.29 is 9.59 Å². The first-order chi connectivity index (χ1) is 12.0. The van der Waals surface area contributed by atoms with Gasteiger partial charge in [0.05, 0.1) is 16.6 Å². The third-order valence-electron chi connectivity index (χ3n) is 4.36. The van der Waals surface area contributed by atoms with Gasteiger partial charge in [0.1, 0.15) is 0 Å². The summed E-state index contributed by atoms with van der Waals surface area (Å²) < 4.78 is 0.988. The Balaban J connectivity index is 1.62. The number of hydrogen-bond donors (Lipinski definition) is 1. The van der Waals surface area contributed by atoms with Crippen molar-refractivity contribution in [3.63, 3.8) is 0 Å². The highest BCUT2D eigenvalue weighted by Crippen LogP contribution is 2.27. The number of hydrogen-bond acceptors (Lipinski definition) is 5. The van der Waals surface area contributed by atoms with Gasteiger partial charge in [-0.2, -0.15) is 0 Å². The zero-order valence-corrected chi connectivity index (χ0v) is 15.6. The monoisotopic (exact) mass is 360 g/mol. The van der Waals surface area contributed by atoms with E-state index in [4.69, 9.17) is 0 Å². The molecule has 0 spiro atoms. The van der Waals surface area contributed by atoms with Gasteiger partial charge in [-0.05, 0) is 30.7 Å². The van der Waals surface area contributed by atoms with Gasteiger partial charge in [0.25, 0.3) is 0 Å². The summed E-state index contributed by atoms with van der Waals surface area (Å²) in [6, 6.07) is 5.87. The van der Waals surface area contributed by atoms with Crippen molar-refractivity contribution in [2.75, 3.05) is 38.0 Å². The molecule has 134 valence electrons. The van der Waals surface area contributed by atoms with Gasteiger partial charge in [-0.1, -0.05) is 24.3 Å². The van der Waals surface area contributed by atoms with Crippen LogP contribution in [0, 0.1) is 0 Å². The minimum atomic E-state index is -0.128. The van der Waals surface area contributed by atoms with E-state index in [1.807, 2.05) is 23.1 Å². The number of piperazine rings is 1. The molecule has 0 radical (unpaired) electrons. The summed E-state index contributed by atoms with van der Waals surface area (Å²) in [6.07, 6.45) is 1.57. The molecule has 0 bridgehead atoms. The Morgan fingerprint density at radius 2 is 2.00 bits per heavy atom. The van der Waals surface area contributed by atoms with E-state index in [9.17, 15) is 9.59 Å². The van der Waals surface area contributed by atoms with Crippen LogP contribution in [0.15, 0.2) is 18.2 Å². The Hall–Kier alpha value is -1.99. The quantitative estimate of drug-likeness (QED) is 0.889. The molecule has 0 aliphatic carbocycles. The van der Waals surface area contributed by atoms with E-state index in [0.29, 0.717) is 11.6 Å². The lowest BCUT2D eigenvalue weighted by atomic mass is 10.1. The van der Waals surface area contributed by atoms with Gasteiger partial charge in [0.2, 0.25) is 11.8 Å². The van der Waals surface area contributed by atoms with Crippen molar-refractivity contribution in [2.24, 2.45) is 0 Å². The summed E-state index contributed by atoms with van der Waals surface area (Å²) >= 11 is 1.43. The molecule has 1 fully saturated rings. The van der Waals surface area contributed by atoms with Crippen LogP contribution in [0.2, 0.25) is 0 Å². The van der Waals surface area contributed by atoms with Crippen LogP contribution in [0.4, 0.5) is 5.13 Å². The molecule has 1 saturated heterocycles. The average molecular weight is 360 g/mol. The number of thiazole rings is 1. The predicted octanol–water partition coefficient (Wildman–Crippen LogP) is 2.35. The molecule has 0 atom stereocenters. The topological polar surface area (TPSA) is 65.5 Å². The van der Waals surface area contributed by atoms with Crippen molar-refractivity contribution in [1.29, 1.82) is 0 Å². The summed E-state index contributed by atoms with van der Waals surface area (Å²) in [5.74, 6) is 0.0544. The summed E-state index contributed by atoms with van der Waals surface area (Å²) in [7, 11) is 0. The minimum Gasteiger partial charge on any atom is -0.340 e. The first kappa shape index (κ1) is 17.8. The number of fused-ring (bicyclic) bond motifs is 1. The first-order valence-electron chi connectivity index (χ1n) is 8.72. The highest BCUT2D eigenvalue weighted by Gasteiger charge is 2.20. The molecule has 6 nitrogen and oxygen atoms in total. The van der Waals surface area contributed by atoms with Crippen LogP contribution >= 0.6 is 11.3 Å². The van der Waals surface area contributed by atoms with E-state index in [0.717, 1.165) is 54.9 Å². The molecular weight excluding hydrogens is 336 g/mol. The number of carbonyl (C=O) groups is 2. The van der Waals surface area contributed by atoms with Gasteiger partial charge in [0.15, 0.2) is 5.13 Å². The predicted molar refractivity (Wildman–Crippen MR) is 101 cm³/mol. The Kier molecular flexibility index (Phi) is 5.65. The third kappa shape index (κ3) is 4.55. The Morgan fingerprint density at radius 1 is 1.24 bits per heavy atom. The molecule has 7 heteroatoms. The van der Waals surface area contributed by atoms with E-state index in [1.54, 1.807) is 0 Å². The highest BCUT2D eigenvalue weighted by atomic mass is 32.1. The zero-order valence-electron chi connectivity index (χ0n) is 14.7. The van der Waals surface area contributed by atoms with Crippen LogP contribution in [-0.4, -0.2) is 59.3 Å². The van der Waals surface area contributed by atoms with Crippen molar-refractivity contribution in [1.82, 2.24) is 14.8 Å². The minimum absolute atomic E-state index is 0.128. The second kappa shape index (κ2) is 7.93. The van der Waals surface area contributed by atoms with Gasteiger partial charge >= 0.3 is 0 Å². The Bertz CT molecular complexity index is 766. The van der Waals surface area contributed by atoms with Crippen molar-refractivity contribution in [3.05, 3.63) is 23.8 Å². The van der Waals surface area contributed by atoms with E-state index in [1.165, 1.54) is 18.3 Å². The maximum absolute atomic E-state index is 12.6. The van der Waals surface area contributed by atoms with E-state index >= 15 is 0 Å². The van der Waals surface area contributed by atoms with Crippen LogP contribution in [0.5, 0.6) is 0 Å². The summed E-state index contributed by atoms with van der Waals surface area (Å²) in [4.78, 5) is 32.5. The van der Waals surface area contributed by atoms with Crippen molar-refractivity contribution in [2.45, 2.75) is 26.7 Å². The van der Waals surface area contributed by atoms with Gasteiger partial charge in [-0.25, -0.2) is 4.98 Å². The maximum Gasteiger partial charge on any atom is 0.227 e. The number of carbonyl (C=O) groups excluding carboxylic acids is 2. The number of nitrogens with one attached hydrogen (secondary N) is 1. The molecule has 1 aromatic carbocycles. The Morgan fingerprint density at radius 3 is 2.68 bits per heavy atom. The Labute approximate surface area is 151 Å². The fourth-order valence-corrected chi connectivity index (χ4v) is 4.08. The van der Waals surface area contributed by atoms with E-state index in [2.05, 4.69) is 22.1 Å². The summed E-state index contributed by atoms with van der Waals surface area (Å²) in [5.41, 5.74) is 1.84. The molecule has 0 unspecified atom stereocenters. The number of nitrogens with zero attached hydrogens (tertiary/aromatic N) is 3. The molecule has 2 aromatic rings. The average Bonchev–Trinajstić information content (AvgIpc) is 2.96. The fourth-order valence-electron chi connectivity index (χ4n) is 3.11. The largest absolute Gasteiger partial charge is 0.340 e. The van der Waals surface area contributed by atoms with Gasteiger partial charge in [-0.15, -0.1) is 0 Å². The standard InChI is InChI=1S/C18H24N4O2S/c1-3-6-21-7-9-22(10-8-21)17(24)12-14-4-5-15-16(11-14)25-18(20-15)19-13(2)23/h4-5,11H,3,6-10,12H2,1-2H3,(H,19,20,23). The van der Waals surface area contributed by atoms with Crippen molar-refractivity contribution in [3.8, 4) is 0 Å². The normalized spacial score (nSPS) is 15.5. The lowest BCUT2D eigenvalue weighted by Crippen LogP contribution is -2.49. The van der Waals surface area contributed by atoms with Crippen molar-refractivity contribution >= 4 is 38.5 Å². The van der Waals surface area contributed by atoms with E-state index in [-0.39, 0.29) is 11.8 Å². The first-order valence-corrected chi connectivity index (χ1v) is 9.54. The molecule has 1 aliphatic heterocycles. The second-order valence-corrected chi connectivity index (χ2v) is 7.43. The molecule has 1 aliphatic rings. The lowest BCUT2D eigenvalue weighted by Gasteiger charge is -2.34. The molecule has 1 N–H and O–H groups in total. The van der Waals surface area contributed by atoms with E-state index < -0.39 is 0 Å². The highest BCUT2D eigenvalue weighted by molar-refractivity contribution is 7.22. The lowest BCUT2D eigenvalue weighted by molar-refractivity contribution is -0.132. The van der Waals surface area contributed by atoms with Crippen LogP contribution in [0.1, 0.15) is 25.8 Å². The number of anilines is 1. The van der Waals surface area contributed by atoms with Gasteiger partial charge in [-0.3, -0.25) is 14.5 Å². The van der Waals surface area contributed by atoms with Crippen LogP contribution in [-0.2, 0) is 16.0 Å². The van der Waals surface area contributed by atoms with Crippen LogP contribution in [0.25, 0.3) is 10.2 Å². The number of amides is 2. The van der Waals surface area contributed by atoms with Crippen LogP contribution < -0.4 is 5.32 Å². The van der Waals surface area contributed by atoms with Gasteiger partial charge < -0.3 is 10.2 Å². The van der Waals surface area contributed by atoms with Crippen LogP contribution in [0.3, 0.4) is 0 Å². The molecule has 3 rings (SSSR count). The molecule has 25 heavy (non-hydrogen) atoms. The second-order valence-electron chi connectivity index (χ2n) is 6.40.